The van der Waals surface area contributed by atoms with Gasteiger partial charge >= 0.3 is 0 Å². The standard InChI is InChI=1S/C27H32N2O5S2/c1-20-8-10-22(11-9-20)36(31,32)28(15-16-33-3)18-27(30)29-14-12-26-23(13-17-35-26)24(29)19-34-25-7-5-4-6-21(25)2/h4-11,13,17,24H,12,14-16,18-19H2,1-3H3/t24-/m0/s1. The van der Waals surface area contributed by atoms with Crippen molar-refractivity contribution in [3.05, 3.63) is 81.5 Å². The lowest BCUT2D eigenvalue weighted by molar-refractivity contribution is -0.135. The lowest BCUT2D eigenvalue weighted by atomic mass is 10.0. The number of carbonyl (C=O) groups excluding carboxylic acids is 1. The Morgan fingerprint density at radius 3 is 2.58 bits per heavy atom. The van der Waals surface area contributed by atoms with Gasteiger partial charge in [0.2, 0.25) is 15.9 Å². The zero-order valence-corrected chi connectivity index (χ0v) is 22.5. The molecule has 0 unspecified atom stereocenters. The van der Waals surface area contributed by atoms with Gasteiger partial charge in [-0.15, -0.1) is 11.3 Å². The predicted molar refractivity (Wildman–Crippen MR) is 141 cm³/mol. The predicted octanol–water partition coefficient (Wildman–Crippen LogP) is 4.21. The molecule has 4 rings (SSSR count). The van der Waals surface area contributed by atoms with Gasteiger partial charge < -0.3 is 14.4 Å². The van der Waals surface area contributed by atoms with Gasteiger partial charge in [-0.3, -0.25) is 4.79 Å². The minimum absolute atomic E-state index is 0.0837. The lowest BCUT2D eigenvalue weighted by Crippen LogP contribution is -2.48. The fourth-order valence-corrected chi connectivity index (χ4v) is 6.64. The number of ether oxygens (including phenoxy) is 2. The molecule has 1 atom stereocenters. The lowest BCUT2D eigenvalue weighted by Gasteiger charge is -2.37. The summed E-state index contributed by atoms with van der Waals surface area (Å²) in [7, 11) is -2.36. The number of rotatable bonds is 10. The quantitative estimate of drug-likeness (QED) is 0.394. The Morgan fingerprint density at radius 1 is 1.11 bits per heavy atom. The second kappa shape index (κ2) is 11.6. The second-order valence-corrected chi connectivity index (χ2v) is 11.8. The molecule has 0 fully saturated rings. The first kappa shape index (κ1) is 26.3. The molecule has 192 valence electrons. The van der Waals surface area contributed by atoms with E-state index in [-0.39, 0.29) is 36.5 Å². The topological polar surface area (TPSA) is 76.2 Å². The third kappa shape index (κ3) is 5.81. The molecule has 0 bridgehead atoms. The minimum Gasteiger partial charge on any atom is -0.491 e. The first-order valence-corrected chi connectivity index (χ1v) is 14.2. The molecule has 1 amide bonds. The van der Waals surface area contributed by atoms with E-state index in [4.69, 9.17) is 9.47 Å². The molecular weight excluding hydrogens is 496 g/mol. The molecule has 9 heteroatoms. The van der Waals surface area contributed by atoms with Crippen molar-refractivity contribution >= 4 is 27.3 Å². The van der Waals surface area contributed by atoms with Crippen LogP contribution in [0, 0.1) is 13.8 Å². The SMILES string of the molecule is COCCN(CC(=O)N1CCc2sccc2[C@@H]1COc1ccccc1C)S(=O)(=O)c1ccc(C)cc1. The fraction of sp³-hybridized carbons (Fsp3) is 0.370. The second-order valence-electron chi connectivity index (χ2n) is 8.87. The van der Waals surface area contributed by atoms with Gasteiger partial charge in [-0.1, -0.05) is 35.9 Å². The van der Waals surface area contributed by atoms with E-state index in [2.05, 4.69) is 0 Å². The van der Waals surface area contributed by atoms with Crippen LogP contribution in [0.15, 0.2) is 64.9 Å². The monoisotopic (exact) mass is 528 g/mol. The van der Waals surface area contributed by atoms with Crippen LogP contribution in [0.1, 0.15) is 27.6 Å². The summed E-state index contributed by atoms with van der Waals surface area (Å²) in [5, 5.41) is 2.03. The molecule has 2 heterocycles. The average molecular weight is 529 g/mol. The first-order chi connectivity index (χ1) is 17.3. The van der Waals surface area contributed by atoms with E-state index in [1.54, 1.807) is 40.5 Å². The molecule has 3 aromatic rings. The number of thiophene rings is 1. The van der Waals surface area contributed by atoms with E-state index in [0.717, 1.165) is 28.9 Å². The average Bonchev–Trinajstić information content (AvgIpc) is 3.35. The van der Waals surface area contributed by atoms with Gasteiger partial charge in [0.25, 0.3) is 0 Å². The van der Waals surface area contributed by atoms with Crippen molar-refractivity contribution in [1.29, 1.82) is 0 Å². The summed E-state index contributed by atoms with van der Waals surface area (Å²) in [6.07, 6.45) is 0.738. The van der Waals surface area contributed by atoms with Gasteiger partial charge in [-0.2, -0.15) is 4.31 Å². The summed E-state index contributed by atoms with van der Waals surface area (Å²) in [4.78, 5) is 16.8. The van der Waals surface area contributed by atoms with Gasteiger partial charge in [0.1, 0.15) is 12.4 Å². The molecular formula is C27H32N2O5S2. The number of benzene rings is 2. The highest BCUT2D eigenvalue weighted by Crippen LogP contribution is 2.34. The molecule has 0 N–H and O–H groups in total. The van der Waals surface area contributed by atoms with Crippen LogP contribution in [-0.2, 0) is 26.0 Å². The van der Waals surface area contributed by atoms with E-state index < -0.39 is 10.0 Å². The molecule has 0 saturated carbocycles. The minimum atomic E-state index is -3.88. The highest BCUT2D eigenvalue weighted by Gasteiger charge is 2.35. The van der Waals surface area contributed by atoms with Gasteiger partial charge in [0.05, 0.1) is 24.1 Å². The van der Waals surface area contributed by atoms with E-state index in [1.807, 2.05) is 49.6 Å². The Morgan fingerprint density at radius 2 is 1.86 bits per heavy atom. The van der Waals surface area contributed by atoms with Crippen LogP contribution in [0.25, 0.3) is 0 Å². The number of sulfonamides is 1. The van der Waals surface area contributed by atoms with Crippen molar-refractivity contribution in [3.8, 4) is 5.75 Å². The zero-order valence-electron chi connectivity index (χ0n) is 20.8. The molecule has 1 aromatic heterocycles. The Balaban J connectivity index is 1.57. The fourth-order valence-electron chi connectivity index (χ4n) is 4.34. The number of carbonyl (C=O) groups is 1. The molecule has 0 aliphatic carbocycles. The van der Waals surface area contributed by atoms with Crippen LogP contribution < -0.4 is 4.74 Å². The maximum Gasteiger partial charge on any atom is 0.243 e. The van der Waals surface area contributed by atoms with E-state index >= 15 is 0 Å². The van der Waals surface area contributed by atoms with Crippen molar-refractivity contribution in [3.63, 3.8) is 0 Å². The highest BCUT2D eigenvalue weighted by atomic mass is 32.2. The highest BCUT2D eigenvalue weighted by molar-refractivity contribution is 7.89. The van der Waals surface area contributed by atoms with Crippen molar-refractivity contribution in [1.82, 2.24) is 9.21 Å². The van der Waals surface area contributed by atoms with E-state index in [9.17, 15) is 13.2 Å². The van der Waals surface area contributed by atoms with E-state index in [1.165, 1.54) is 16.3 Å². The van der Waals surface area contributed by atoms with Crippen LogP contribution in [0.5, 0.6) is 5.75 Å². The van der Waals surface area contributed by atoms with Crippen LogP contribution in [0.3, 0.4) is 0 Å². The molecule has 1 aliphatic heterocycles. The number of amides is 1. The molecule has 0 saturated heterocycles. The third-order valence-corrected chi connectivity index (χ3v) is 9.28. The van der Waals surface area contributed by atoms with Gasteiger partial charge in [0.15, 0.2) is 0 Å². The zero-order chi connectivity index (χ0) is 25.7. The number of para-hydroxylation sites is 1. The Labute approximate surface area is 217 Å². The summed E-state index contributed by atoms with van der Waals surface area (Å²) in [5.74, 6) is 0.521. The number of aryl methyl sites for hydroxylation is 2. The summed E-state index contributed by atoms with van der Waals surface area (Å²) in [6, 6.07) is 16.2. The first-order valence-electron chi connectivity index (χ1n) is 11.9. The molecule has 2 aromatic carbocycles. The Hall–Kier alpha value is -2.72. The smallest absolute Gasteiger partial charge is 0.243 e. The number of methoxy groups -OCH3 is 1. The largest absolute Gasteiger partial charge is 0.491 e. The number of hydrogen-bond donors (Lipinski definition) is 0. The van der Waals surface area contributed by atoms with Crippen LogP contribution >= 0.6 is 11.3 Å². The van der Waals surface area contributed by atoms with Crippen LogP contribution in [0.4, 0.5) is 0 Å². The Kier molecular flexibility index (Phi) is 8.46. The maximum absolute atomic E-state index is 13.7. The number of fused-ring (bicyclic) bond motifs is 1. The summed E-state index contributed by atoms with van der Waals surface area (Å²) in [6.45, 7) is 4.70. The summed E-state index contributed by atoms with van der Waals surface area (Å²) >= 11 is 1.68. The van der Waals surface area contributed by atoms with Crippen molar-refractivity contribution in [2.75, 3.05) is 40.0 Å². The maximum atomic E-state index is 13.7. The number of nitrogens with zero attached hydrogens (tertiary/aromatic N) is 2. The normalized spacial score (nSPS) is 15.7. The molecule has 0 spiro atoms. The van der Waals surface area contributed by atoms with Gasteiger partial charge in [-0.25, -0.2) is 8.42 Å². The third-order valence-electron chi connectivity index (χ3n) is 6.42. The van der Waals surface area contributed by atoms with Gasteiger partial charge in [0, 0.05) is 25.1 Å². The van der Waals surface area contributed by atoms with Crippen molar-refractivity contribution < 1.29 is 22.7 Å². The van der Waals surface area contributed by atoms with Crippen LogP contribution in [0.2, 0.25) is 0 Å². The summed E-state index contributed by atoms with van der Waals surface area (Å²) < 4.78 is 39.4. The number of hydrogen-bond acceptors (Lipinski definition) is 6. The van der Waals surface area contributed by atoms with Crippen molar-refractivity contribution in [2.45, 2.75) is 31.2 Å². The van der Waals surface area contributed by atoms with E-state index in [0.29, 0.717) is 13.2 Å². The summed E-state index contributed by atoms with van der Waals surface area (Å²) in [5.41, 5.74) is 3.05. The molecule has 1 aliphatic rings. The van der Waals surface area contributed by atoms with Crippen LogP contribution in [-0.4, -0.2) is 63.5 Å². The van der Waals surface area contributed by atoms with Gasteiger partial charge in [-0.05, 0) is 61.0 Å². The molecule has 0 radical (unpaired) electrons. The molecule has 36 heavy (non-hydrogen) atoms. The Bertz CT molecular complexity index is 1290. The van der Waals surface area contributed by atoms with Crippen molar-refractivity contribution in [2.24, 2.45) is 0 Å². The molecule has 7 nitrogen and oxygen atoms in total.